The van der Waals surface area contributed by atoms with Gasteiger partial charge in [0.05, 0.1) is 24.0 Å². The predicted octanol–water partition coefficient (Wildman–Crippen LogP) is 2.17. The first-order valence-corrected chi connectivity index (χ1v) is 9.84. The summed E-state index contributed by atoms with van der Waals surface area (Å²) in [5, 5.41) is 0. The molecule has 0 spiro atoms. The van der Waals surface area contributed by atoms with Crippen molar-refractivity contribution in [1.82, 2.24) is 0 Å². The standard InChI is InChI=1S/C16H26O6S/c1-4-5-6-7-8-13(3)21-15(17)9-12(2)16(18)22-14-10-23(19,20)11-14/h13-14H,2,4-11H2,1,3H3. The minimum absolute atomic E-state index is 0.0162. The topological polar surface area (TPSA) is 86.7 Å². The van der Waals surface area contributed by atoms with E-state index in [1.54, 1.807) is 0 Å². The molecule has 7 heteroatoms. The monoisotopic (exact) mass is 346 g/mol. The minimum Gasteiger partial charge on any atom is -0.462 e. The van der Waals surface area contributed by atoms with Gasteiger partial charge in [-0.3, -0.25) is 4.79 Å². The van der Waals surface area contributed by atoms with Crippen molar-refractivity contribution in [2.24, 2.45) is 0 Å². The van der Waals surface area contributed by atoms with Gasteiger partial charge >= 0.3 is 11.9 Å². The van der Waals surface area contributed by atoms with Crippen molar-refractivity contribution in [2.75, 3.05) is 11.5 Å². The van der Waals surface area contributed by atoms with Gasteiger partial charge in [-0.15, -0.1) is 0 Å². The lowest BCUT2D eigenvalue weighted by Gasteiger charge is -2.25. The minimum atomic E-state index is -3.05. The first-order valence-electron chi connectivity index (χ1n) is 8.02. The van der Waals surface area contributed by atoms with Crippen LogP contribution in [0.25, 0.3) is 0 Å². The highest BCUT2D eigenvalue weighted by molar-refractivity contribution is 7.92. The Labute approximate surface area is 138 Å². The first kappa shape index (κ1) is 19.7. The number of esters is 2. The zero-order valence-corrected chi connectivity index (χ0v) is 14.7. The fraction of sp³-hybridized carbons (Fsp3) is 0.750. The van der Waals surface area contributed by atoms with Gasteiger partial charge in [-0.25, -0.2) is 13.2 Å². The molecule has 1 unspecified atom stereocenters. The molecule has 0 aromatic heterocycles. The summed E-state index contributed by atoms with van der Waals surface area (Å²) in [7, 11) is -3.05. The van der Waals surface area contributed by atoms with Crippen LogP contribution in [-0.2, 0) is 28.9 Å². The van der Waals surface area contributed by atoms with Gasteiger partial charge < -0.3 is 9.47 Å². The van der Waals surface area contributed by atoms with Crippen LogP contribution in [0.1, 0.15) is 52.4 Å². The first-order chi connectivity index (χ1) is 10.7. The molecule has 132 valence electrons. The summed E-state index contributed by atoms with van der Waals surface area (Å²) in [5.74, 6) is -1.58. The van der Waals surface area contributed by atoms with Crippen molar-refractivity contribution in [1.29, 1.82) is 0 Å². The smallest absolute Gasteiger partial charge is 0.334 e. The molecule has 0 aromatic rings. The van der Waals surface area contributed by atoms with Crippen molar-refractivity contribution in [3.63, 3.8) is 0 Å². The molecular weight excluding hydrogens is 320 g/mol. The van der Waals surface area contributed by atoms with Gasteiger partial charge in [-0.1, -0.05) is 32.8 Å². The van der Waals surface area contributed by atoms with Crippen LogP contribution in [0.15, 0.2) is 12.2 Å². The van der Waals surface area contributed by atoms with E-state index in [-0.39, 0.29) is 29.6 Å². The molecule has 1 saturated heterocycles. The largest absolute Gasteiger partial charge is 0.462 e. The summed E-state index contributed by atoms with van der Waals surface area (Å²) < 4.78 is 32.2. The maximum atomic E-state index is 11.7. The molecule has 1 heterocycles. The Bertz CT molecular complexity index is 525. The normalized spacial score (nSPS) is 17.8. The van der Waals surface area contributed by atoms with Crippen LogP contribution in [0.4, 0.5) is 0 Å². The van der Waals surface area contributed by atoms with Gasteiger partial charge in [0.15, 0.2) is 9.84 Å². The number of carbonyl (C=O) groups excluding carboxylic acids is 2. The van der Waals surface area contributed by atoms with E-state index in [2.05, 4.69) is 13.5 Å². The van der Waals surface area contributed by atoms with Crippen LogP contribution in [0.3, 0.4) is 0 Å². The van der Waals surface area contributed by atoms with Crippen LogP contribution in [-0.4, -0.2) is 44.1 Å². The summed E-state index contributed by atoms with van der Waals surface area (Å²) in [6, 6.07) is 0. The maximum Gasteiger partial charge on any atom is 0.334 e. The number of ether oxygens (including phenoxy) is 2. The third-order valence-electron chi connectivity index (χ3n) is 3.60. The zero-order chi connectivity index (χ0) is 17.5. The molecule has 0 N–H and O–H groups in total. The summed E-state index contributed by atoms with van der Waals surface area (Å²) in [5.41, 5.74) is -0.0162. The Kier molecular flexibility index (Phi) is 7.75. The van der Waals surface area contributed by atoms with Crippen molar-refractivity contribution >= 4 is 21.8 Å². The highest BCUT2D eigenvalue weighted by atomic mass is 32.2. The molecule has 0 saturated carbocycles. The van der Waals surface area contributed by atoms with E-state index in [9.17, 15) is 18.0 Å². The lowest BCUT2D eigenvalue weighted by Crippen LogP contribution is -2.44. The fourth-order valence-corrected chi connectivity index (χ4v) is 3.42. The molecule has 23 heavy (non-hydrogen) atoms. The Balaban J connectivity index is 2.22. The number of hydrogen-bond donors (Lipinski definition) is 0. The fourth-order valence-electron chi connectivity index (χ4n) is 2.25. The number of unbranched alkanes of at least 4 members (excludes halogenated alkanes) is 3. The number of rotatable bonds is 10. The van der Waals surface area contributed by atoms with Gasteiger partial charge in [0.2, 0.25) is 0 Å². The Hall–Kier alpha value is -1.37. The molecule has 0 radical (unpaired) electrons. The lowest BCUT2D eigenvalue weighted by molar-refractivity contribution is -0.151. The predicted molar refractivity (Wildman–Crippen MR) is 86.6 cm³/mol. The third-order valence-corrected chi connectivity index (χ3v) is 5.36. The second-order valence-corrected chi connectivity index (χ2v) is 8.19. The Morgan fingerprint density at radius 1 is 1.22 bits per heavy atom. The molecule has 0 aliphatic carbocycles. The second kappa shape index (κ2) is 9.05. The van der Waals surface area contributed by atoms with Crippen molar-refractivity contribution < 1.29 is 27.5 Å². The number of carbonyl (C=O) groups is 2. The lowest BCUT2D eigenvalue weighted by atomic mass is 10.1. The Morgan fingerprint density at radius 3 is 2.43 bits per heavy atom. The molecule has 1 fully saturated rings. The molecule has 0 amide bonds. The van der Waals surface area contributed by atoms with Crippen LogP contribution in [0.2, 0.25) is 0 Å². The second-order valence-electron chi connectivity index (χ2n) is 6.03. The summed E-state index contributed by atoms with van der Waals surface area (Å²) in [6.07, 6.45) is 4.17. The highest BCUT2D eigenvalue weighted by Crippen LogP contribution is 2.17. The van der Waals surface area contributed by atoms with E-state index < -0.39 is 27.9 Å². The molecule has 1 atom stereocenters. The maximum absolute atomic E-state index is 11.7. The van der Waals surface area contributed by atoms with Crippen LogP contribution in [0, 0.1) is 0 Å². The SMILES string of the molecule is C=C(CC(=O)OC(C)CCCCCC)C(=O)OC1CS(=O)(=O)C1. The van der Waals surface area contributed by atoms with Gasteiger partial charge in [0.25, 0.3) is 0 Å². The molecular formula is C16H26O6S. The molecule has 0 aromatic carbocycles. The van der Waals surface area contributed by atoms with Gasteiger partial charge in [0, 0.05) is 5.57 Å². The van der Waals surface area contributed by atoms with E-state index in [4.69, 9.17) is 9.47 Å². The van der Waals surface area contributed by atoms with Crippen molar-refractivity contribution in [2.45, 2.75) is 64.6 Å². The molecule has 1 aliphatic rings. The summed E-state index contributed by atoms with van der Waals surface area (Å²) >= 11 is 0. The quantitative estimate of drug-likeness (QED) is 0.342. The van der Waals surface area contributed by atoms with Crippen LogP contribution < -0.4 is 0 Å². The average Bonchev–Trinajstić information content (AvgIpc) is 2.41. The molecule has 0 bridgehead atoms. The third kappa shape index (κ3) is 7.63. The van der Waals surface area contributed by atoms with E-state index >= 15 is 0 Å². The van der Waals surface area contributed by atoms with Gasteiger partial charge in [-0.05, 0) is 19.8 Å². The average molecular weight is 346 g/mol. The molecule has 6 nitrogen and oxygen atoms in total. The van der Waals surface area contributed by atoms with E-state index in [0.29, 0.717) is 0 Å². The zero-order valence-electron chi connectivity index (χ0n) is 13.9. The Morgan fingerprint density at radius 2 is 1.87 bits per heavy atom. The van der Waals surface area contributed by atoms with E-state index in [1.165, 1.54) is 6.42 Å². The number of hydrogen-bond acceptors (Lipinski definition) is 6. The molecule has 1 aliphatic heterocycles. The molecule has 1 rings (SSSR count). The number of sulfone groups is 1. The van der Waals surface area contributed by atoms with E-state index in [1.807, 2.05) is 6.92 Å². The summed E-state index contributed by atoms with van der Waals surface area (Å²) in [6.45, 7) is 7.47. The van der Waals surface area contributed by atoms with Crippen LogP contribution in [0.5, 0.6) is 0 Å². The van der Waals surface area contributed by atoms with Crippen LogP contribution >= 0.6 is 0 Å². The van der Waals surface area contributed by atoms with Gasteiger partial charge in [-0.2, -0.15) is 0 Å². The summed E-state index contributed by atoms with van der Waals surface area (Å²) in [4.78, 5) is 23.4. The van der Waals surface area contributed by atoms with Crippen molar-refractivity contribution in [3.05, 3.63) is 12.2 Å². The van der Waals surface area contributed by atoms with Crippen molar-refractivity contribution in [3.8, 4) is 0 Å². The highest BCUT2D eigenvalue weighted by Gasteiger charge is 2.36. The van der Waals surface area contributed by atoms with E-state index in [0.717, 1.165) is 25.7 Å². The van der Waals surface area contributed by atoms with Gasteiger partial charge in [0.1, 0.15) is 6.10 Å².